The van der Waals surface area contributed by atoms with Crippen LogP contribution in [0.3, 0.4) is 0 Å². The number of aromatic amines is 1. The van der Waals surface area contributed by atoms with Crippen LogP contribution >= 0.6 is 23.1 Å². The van der Waals surface area contributed by atoms with Gasteiger partial charge in [-0.25, -0.2) is 4.98 Å². The Labute approximate surface area is 151 Å². The second-order valence-electron chi connectivity index (χ2n) is 6.37. The molecule has 3 rings (SSSR count). The number of hydrogen-bond donors (Lipinski definition) is 2. The molecule has 0 radical (unpaired) electrons. The van der Waals surface area contributed by atoms with E-state index in [9.17, 15) is 4.79 Å². The maximum Gasteiger partial charge on any atom is 0.220 e. The molecule has 24 heavy (non-hydrogen) atoms. The highest BCUT2D eigenvalue weighted by atomic mass is 32.2. The number of aromatic nitrogens is 3. The maximum absolute atomic E-state index is 12.1. The lowest BCUT2D eigenvalue weighted by Gasteiger charge is -2.28. The first-order chi connectivity index (χ1) is 11.7. The van der Waals surface area contributed by atoms with Gasteiger partial charge in [-0.1, -0.05) is 11.8 Å². The predicted octanol–water partition coefficient (Wildman–Crippen LogP) is 3.72. The summed E-state index contributed by atoms with van der Waals surface area (Å²) in [5.41, 5.74) is 2.27. The third-order valence-corrected chi connectivity index (χ3v) is 6.76. The van der Waals surface area contributed by atoms with Crippen molar-refractivity contribution in [1.82, 2.24) is 20.5 Å². The third kappa shape index (κ3) is 5.34. The smallest absolute Gasteiger partial charge is 0.220 e. The molecular weight excluding hydrogens is 340 g/mol. The van der Waals surface area contributed by atoms with E-state index in [1.165, 1.54) is 4.34 Å². The van der Waals surface area contributed by atoms with E-state index in [2.05, 4.69) is 25.9 Å². The molecule has 0 saturated heterocycles. The zero-order valence-electron chi connectivity index (χ0n) is 14.0. The highest BCUT2D eigenvalue weighted by Crippen LogP contribution is 2.35. The minimum atomic E-state index is 0.185. The van der Waals surface area contributed by atoms with Gasteiger partial charge in [0.15, 0.2) is 0 Å². The molecule has 1 aliphatic rings. The summed E-state index contributed by atoms with van der Waals surface area (Å²) in [5.74, 6) is 0.185. The van der Waals surface area contributed by atoms with E-state index in [1.54, 1.807) is 11.3 Å². The van der Waals surface area contributed by atoms with Crippen LogP contribution in [0.1, 0.15) is 49.8 Å². The molecule has 2 aromatic heterocycles. The maximum atomic E-state index is 12.1. The van der Waals surface area contributed by atoms with E-state index in [4.69, 9.17) is 0 Å². The number of H-pyrrole nitrogens is 1. The van der Waals surface area contributed by atoms with Gasteiger partial charge in [0, 0.05) is 35.0 Å². The molecule has 5 nitrogen and oxygen atoms in total. The zero-order chi connectivity index (χ0) is 16.8. The van der Waals surface area contributed by atoms with Crippen molar-refractivity contribution in [2.45, 2.75) is 67.5 Å². The summed E-state index contributed by atoms with van der Waals surface area (Å²) in [5, 5.41) is 12.7. The highest BCUT2D eigenvalue weighted by Gasteiger charge is 2.23. The number of rotatable bonds is 7. The number of carbonyl (C=O) groups excluding carboxylic acids is 1. The zero-order valence-corrected chi connectivity index (χ0v) is 15.6. The number of carbonyl (C=O) groups is 1. The molecule has 0 aliphatic heterocycles. The Morgan fingerprint density at radius 1 is 1.42 bits per heavy atom. The lowest BCUT2D eigenvalue weighted by molar-refractivity contribution is -0.122. The first-order valence-electron chi connectivity index (χ1n) is 8.55. The van der Waals surface area contributed by atoms with Gasteiger partial charge in [-0.3, -0.25) is 9.89 Å². The summed E-state index contributed by atoms with van der Waals surface area (Å²) in [6, 6.07) is 0.348. The number of thioether (sulfide) groups is 1. The van der Waals surface area contributed by atoms with Gasteiger partial charge in [0.2, 0.25) is 5.91 Å². The Balaban J connectivity index is 1.32. The first kappa shape index (κ1) is 17.5. The Morgan fingerprint density at radius 3 is 2.92 bits per heavy atom. The van der Waals surface area contributed by atoms with Gasteiger partial charge in [-0.2, -0.15) is 5.10 Å². The molecule has 2 N–H and O–H groups in total. The molecule has 0 bridgehead atoms. The molecular formula is C17H24N4OS2. The van der Waals surface area contributed by atoms with Gasteiger partial charge >= 0.3 is 0 Å². The molecule has 1 saturated carbocycles. The van der Waals surface area contributed by atoms with Crippen molar-refractivity contribution in [1.29, 1.82) is 0 Å². The van der Waals surface area contributed by atoms with E-state index < -0.39 is 0 Å². The van der Waals surface area contributed by atoms with E-state index in [1.807, 2.05) is 31.1 Å². The van der Waals surface area contributed by atoms with Gasteiger partial charge in [0.1, 0.15) is 4.34 Å². The summed E-state index contributed by atoms with van der Waals surface area (Å²) in [6.07, 6.45) is 10.6. The lowest BCUT2D eigenvalue weighted by Crippen LogP contribution is -2.38. The van der Waals surface area contributed by atoms with Crippen molar-refractivity contribution < 1.29 is 4.79 Å². The summed E-state index contributed by atoms with van der Waals surface area (Å²) in [4.78, 5) is 16.6. The number of thiazole rings is 1. The number of nitrogens with one attached hydrogen (secondary N) is 2. The lowest BCUT2D eigenvalue weighted by atomic mass is 9.95. The molecule has 0 atom stereocenters. The normalized spacial score (nSPS) is 20.9. The summed E-state index contributed by atoms with van der Waals surface area (Å²) < 4.78 is 1.18. The van der Waals surface area contributed by atoms with Crippen LogP contribution in [0.15, 0.2) is 22.1 Å². The average molecular weight is 365 g/mol. The quantitative estimate of drug-likeness (QED) is 0.785. The van der Waals surface area contributed by atoms with E-state index >= 15 is 0 Å². The second-order valence-corrected chi connectivity index (χ2v) is 8.78. The van der Waals surface area contributed by atoms with Crippen LogP contribution in [-0.2, 0) is 11.2 Å². The van der Waals surface area contributed by atoms with Gasteiger partial charge in [0.05, 0.1) is 6.20 Å². The van der Waals surface area contributed by atoms with Crippen LogP contribution in [0.2, 0.25) is 0 Å². The summed E-state index contributed by atoms with van der Waals surface area (Å²) >= 11 is 3.64. The van der Waals surface area contributed by atoms with Gasteiger partial charge < -0.3 is 5.32 Å². The van der Waals surface area contributed by atoms with Crippen molar-refractivity contribution in [2.24, 2.45) is 0 Å². The van der Waals surface area contributed by atoms with Gasteiger partial charge in [0.25, 0.3) is 0 Å². The number of aryl methyl sites for hydroxylation is 2. The fraction of sp³-hybridized carbons (Fsp3) is 0.588. The topological polar surface area (TPSA) is 70.7 Å². The SMILES string of the molecule is Cc1csc(SC2CCC(NC(=O)CCCc3cn[nH]c3)CC2)n1. The van der Waals surface area contributed by atoms with E-state index in [0.717, 1.165) is 49.8 Å². The third-order valence-electron chi connectivity index (χ3n) is 4.33. The fourth-order valence-electron chi connectivity index (χ4n) is 3.02. The molecule has 0 aromatic carbocycles. The van der Waals surface area contributed by atoms with E-state index in [-0.39, 0.29) is 5.91 Å². The van der Waals surface area contributed by atoms with Crippen molar-refractivity contribution in [2.75, 3.05) is 0 Å². The van der Waals surface area contributed by atoms with Crippen molar-refractivity contribution in [3.8, 4) is 0 Å². The second kappa shape index (κ2) is 8.67. The largest absolute Gasteiger partial charge is 0.353 e. The van der Waals surface area contributed by atoms with Crippen LogP contribution in [0, 0.1) is 6.92 Å². The molecule has 1 aliphatic carbocycles. The number of hydrogen-bond acceptors (Lipinski definition) is 5. The van der Waals surface area contributed by atoms with Crippen LogP contribution in [0.25, 0.3) is 0 Å². The molecule has 1 amide bonds. The molecule has 0 unspecified atom stereocenters. The molecule has 130 valence electrons. The number of amides is 1. The Bertz CT molecular complexity index is 633. The van der Waals surface area contributed by atoms with Crippen LogP contribution in [-0.4, -0.2) is 32.4 Å². The fourth-order valence-corrected chi connectivity index (χ4v) is 5.31. The Kier molecular flexibility index (Phi) is 6.31. The van der Waals surface area contributed by atoms with Gasteiger partial charge in [-0.05, 0) is 51.0 Å². The average Bonchev–Trinajstić information content (AvgIpc) is 3.21. The highest BCUT2D eigenvalue weighted by molar-refractivity contribution is 8.01. The molecule has 2 heterocycles. The Hall–Kier alpha value is -1.34. The Morgan fingerprint density at radius 2 is 2.25 bits per heavy atom. The summed E-state index contributed by atoms with van der Waals surface area (Å²) in [6.45, 7) is 2.04. The summed E-state index contributed by atoms with van der Waals surface area (Å²) in [7, 11) is 0. The van der Waals surface area contributed by atoms with E-state index in [0.29, 0.717) is 17.7 Å². The minimum absolute atomic E-state index is 0.185. The van der Waals surface area contributed by atoms with Crippen LogP contribution in [0.5, 0.6) is 0 Å². The molecule has 1 fully saturated rings. The van der Waals surface area contributed by atoms with Gasteiger partial charge in [-0.15, -0.1) is 11.3 Å². The standard InChI is InChI=1S/C17H24N4OS2/c1-12-11-23-17(20-12)24-15-7-5-14(6-8-15)21-16(22)4-2-3-13-9-18-19-10-13/h9-11,14-15H,2-8H2,1H3,(H,18,19)(H,21,22). The molecule has 0 spiro atoms. The minimum Gasteiger partial charge on any atom is -0.353 e. The van der Waals surface area contributed by atoms with Crippen molar-refractivity contribution >= 4 is 29.0 Å². The van der Waals surface area contributed by atoms with Crippen LogP contribution in [0.4, 0.5) is 0 Å². The number of nitrogens with zero attached hydrogens (tertiary/aromatic N) is 2. The van der Waals surface area contributed by atoms with Crippen molar-refractivity contribution in [3.63, 3.8) is 0 Å². The monoisotopic (exact) mass is 364 g/mol. The molecule has 2 aromatic rings. The molecule has 7 heteroatoms. The predicted molar refractivity (Wildman–Crippen MR) is 98.4 cm³/mol. The first-order valence-corrected chi connectivity index (χ1v) is 10.3. The van der Waals surface area contributed by atoms with Crippen molar-refractivity contribution in [3.05, 3.63) is 29.0 Å². The van der Waals surface area contributed by atoms with Crippen LogP contribution < -0.4 is 5.32 Å².